The van der Waals surface area contributed by atoms with E-state index in [1.54, 1.807) is 0 Å². The van der Waals surface area contributed by atoms with E-state index < -0.39 is 0 Å². The first-order valence-corrected chi connectivity index (χ1v) is 6.38. The van der Waals surface area contributed by atoms with Gasteiger partial charge in [-0.3, -0.25) is 0 Å². The lowest BCUT2D eigenvalue weighted by atomic mass is 9.91. The summed E-state index contributed by atoms with van der Waals surface area (Å²) in [5.74, 6) is 0. The molecule has 1 aromatic rings. The van der Waals surface area contributed by atoms with Crippen LogP contribution in [-0.2, 0) is 11.0 Å². The first-order chi connectivity index (χ1) is 7.33. The minimum absolute atomic E-state index is 0.145. The predicted octanol–water partition coefficient (Wildman–Crippen LogP) is 4.11. The van der Waals surface area contributed by atoms with Crippen molar-refractivity contribution in [3.05, 3.63) is 18.2 Å². The number of aromatic nitrogens is 2. The molecule has 0 saturated heterocycles. The summed E-state index contributed by atoms with van der Waals surface area (Å²) in [7, 11) is 0. The fraction of sp³-hybridized carbons (Fsp3) is 0.786. The van der Waals surface area contributed by atoms with E-state index in [2.05, 4.69) is 57.3 Å². The lowest BCUT2D eigenvalue weighted by Crippen LogP contribution is -2.28. The highest BCUT2D eigenvalue weighted by Crippen LogP contribution is 2.28. The Morgan fingerprint density at radius 3 is 2.19 bits per heavy atom. The van der Waals surface area contributed by atoms with E-state index in [1.807, 2.05) is 6.33 Å². The molecule has 1 rings (SSSR count). The molecule has 1 aromatic heterocycles. The zero-order valence-corrected chi connectivity index (χ0v) is 11.7. The van der Waals surface area contributed by atoms with Crippen LogP contribution in [0.5, 0.6) is 0 Å². The summed E-state index contributed by atoms with van der Waals surface area (Å²) in [6, 6.07) is 0. The van der Waals surface area contributed by atoms with Crippen LogP contribution in [0.4, 0.5) is 0 Å². The van der Waals surface area contributed by atoms with Crippen molar-refractivity contribution in [3.63, 3.8) is 0 Å². The van der Waals surface area contributed by atoms with Gasteiger partial charge in [-0.25, -0.2) is 4.98 Å². The highest BCUT2D eigenvalue weighted by Gasteiger charge is 2.25. The van der Waals surface area contributed by atoms with Gasteiger partial charge in [0.25, 0.3) is 0 Å². The molecule has 0 N–H and O–H groups in total. The molecule has 0 fully saturated rings. The molecule has 1 heterocycles. The quantitative estimate of drug-likeness (QED) is 0.749. The predicted molar refractivity (Wildman–Crippen MR) is 69.8 cm³/mol. The zero-order chi connectivity index (χ0) is 12.4. The Balaban J connectivity index is 3.00. The number of hydrogen-bond acceptors (Lipinski definition) is 1. The van der Waals surface area contributed by atoms with Crippen molar-refractivity contribution in [2.24, 2.45) is 0 Å². The molecule has 16 heavy (non-hydrogen) atoms. The highest BCUT2D eigenvalue weighted by molar-refractivity contribution is 5.10. The van der Waals surface area contributed by atoms with Crippen LogP contribution < -0.4 is 0 Å². The fourth-order valence-electron chi connectivity index (χ4n) is 2.03. The van der Waals surface area contributed by atoms with Gasteiger partial charge >= 0.3 is 0 Å². The van der Waals surface area contributed by atoms with Crippen LogP contribution in [0.15, 0.2) is 12.5 Å². The van der Waals surface area contributed by atoms with Gasteiger partial charge in [0.1, 0.15) is 0 Å². The van der Waals surface area contributed by atoms with Crippen molar-refractivity contribution in [2.75, 3.05) is 0 Å². The summed E-state index contributed by atoms with van der Waals surface area (Å²) < 4.78 is 2.30. The van der Waals surface area contributed by atoms with Crippen molar-refractivity contribution < 1.29 is 0 Å². The molecular formula is C14H26N2. The molecule has 1 atom stereocenters. The Hall–Kier alpha value is -0.790. The molecule has 2 nitrogen and oxygen atoms in total. The first kappa shape index (κ1) is 13.3. The molecule has 0 radical (unpaired) electrons. The number of rotatable bonds is 4. The van der Waals surface area contributed by atoms with Crippen molar-refractivity contribution >= 4 is 0 Å². The smallest absolute Gasteiger partial charge is 0.0954 e. The van der Waals surface area contributed by atoms with Crippen LogP contribution >= 0.6 is 0 Å². The minimum Gasteiger partial charge on any atom is -0.331 e. The van der Waals surface area contributed by atoms with Crippen LogP contribution in [0.25, 0.3) is 0 Å². The third kappa shape index (κ3) is 2.66. The SMILES string of the molecule is CCCC(C)(CC)n1cnc(C(C)(C)C)c1. The Morgan fingerprint density at radius 2 is 1.81 bits per heavy atom. The normalized spacial score (nSPS) is 16.1. The first-order valence-electron chi connectivity index (χ1n) is 6.38. The van der Waals surface area contributed by atoms with Gasteiger partial charge in [-0.1, -0.05) is 41.0 Å². The molecule has 0 saturated carbocycles. The molecule has 0 spiro atoms. The summed E-state index contributed by atoms with van der Waals surface area (Å²) in [6.07, 6.45) is 7.80. The monoisotopic (exact) mass is 222 g/mol. The van der Waals surface area contributed by atoms with Crippen LogP contribution in [0.2, 0.25) is 0 Å². The maximum Gasteiger partial charge on any atom is 0.0954 e. The van der Waals surface area contributed by atoms with E-state index in [-0.39, 0.29) is 11.0 Å². The van der Waals surface area contributed by atoms with Crippen LogP contribution in [0.1, 0.15) is 66.5 Å². The van der Waals surface area contributed by atoms with Crippen molar-refractivity contribution in [1.29, 1.82) is 0 Å². The Labute approximate surface area is 100 Å². The summed E-state index contributed by atoms with van der Waals surface area (Å²) in [5, 5.41) is 0. The number of hydrogen-bond donors (Lipinski definition) is 0. The summed E-state index contributed by atoms with van der Waals surface area (Å²) in [5.41, 5.74) is 1.56. The van der Waals surface area contributed by atoms with Gasteiger partial charge in [-0.15, -0.1) is 0 Å². The maximum atomic E-state index is 4.55. The average Bonchev–Trinajstić information content (AvgIpc) is 2.66. The van der Waals surface area contributed by atoms with Crippen LogP contribution in [0.3, 0.4) is 0 Å². The highest BCUT2D eigenvalue weighted by atomic mass is 15.1. The molecule has 0 aromatic carbocycles. The second-order valence-corrected chi connectivity index (χ2v) is 6.02. The van der Waals surface area contributed by atoms with Gasteiger partial charge in [-0.2, -0.15) is 0 Å². The van der Waals surface area contributed by atoms with Gasteiger partial charge < -0.3 is 4.57 Å². The molecule has 0 aliphatic rings. The standard InChI is InChI=1S/C14H26N2/c1-7-9-14(6,8-2)16-10-12(15-11-16)13(3,4)5/h10-11H,7-9H2,1-6H3. The largest absolute Gasteiger partial charge is 0.331 e. The van der Waals surface area contributed by atoms with E-state index in [0.29, 0.717) is 0 Å². The maximum absolute atomic E-state index is 4.55. The van der Waals surface area contributed by atoms with E-state index in [0.717, 1.165) is 6.42 Å². The Kier molecular flexibility index (Phi) is 3.82. The molecule has 0 aliphatic carbocycles. The third-order valence-electron chi connectivity index (χ3n) is 3.52. The van der Waals surface area contributed by atoms with Crippen LogP contribution in [0, 0.1) is 0 Å². The van der Waals surface area contributed by atoms with Crippen molar-refractivity contribution in [1.82, 2.24) is 9.55 Å². The van der Waals surface area contributed by atoms with Gasteiger partial charge in [0.2, 0.25) is 0 Å². The lowest BCUT2D eigenvalue weighted by molar-refractivity contribution is 0.278. The number of imidazole rings is 1. The van der Waals surface area contributed by atoms with Crippen molar-refractivity contribution in [3.8, 4) is 0 Å². The van der Waals surface area contributed by atoms with Gasteiger partial charge in [0.15, 0.2) is 0 Å². The van der Waals surface area contributed by atoms with E-state index >= 15 is 0 Å². The van der Waals surface area contributed by atoms with Crippen molar-refractivity contribution in [2.45, 2.75) is 71.8 Å². The van der Waals surface area contributed by atoms with Gasteiger partial charge in [-0.05, 0) is 19.8 Å². The second kappa shape index (κ2) is 4.60. The van der Waals surface area contributed by atoms with Crippen LogP contribution in [-0.4, -0.2) is 9.55 Å². The molecular weight excluding hydrogens is 196 g/mol. The number of nitrogens with zero attached hydrogens (tertiary/aromatic N) is 2. The summed E-state index contributed by atoms with van der Waals surface area (Å²) in [6.45, 7) is 13.5. The minimum atomic E-state index is 0.145. The van der Waals surface area contributed by atoms with E-state index in [1.165, 1.54) is 18.5 Å². The van der Waals surface area contributed by atoms with E-state index in [9.17, 15) is 0 Å². The van der Waals surface area contributed by atoms with Gasteiger partial charge in [0, 0.05) is 17.2 Å². The molecule has 0 aliphatic heterocycles. The second-order valence-electron chi connectivity index (χ2n) is 6.02. The molecule has 0 amide bonds. The zero-order valence-electron chi connectivity index (χ0n) is 11.7. The summed E-state index contributed by atoms with van der Waals surface area (Å²) >= 11 is 0. The topological polar surface area (TPSA) is 17.8 Å². The Morgan fingerprint density at radius 1 is 1.19 bits per heavy atom. The molecule has 0 bridgehead atoms. The fourth-order valence-corrected chi connectivity index (χ4v) is 2.03. The summed E-state index contributed by atoms with van der Waals surface area (Å²) in [4.78, 5) is 4.55. The van der Waals surface area contributed by atoms with Gasteiger partial charge in [0.05, 0.1) is 12.0 Å². The molecule has 2 heteroatoms. The molecule has 92 valence electrons. The lowest BCUT2D eigenvalue weighted by Gasteiger charge is -2.29. The Bertz CT molecular complexity index is 333. The molecule has 1 unspecified atom stereocenters. The third-order valence-corrected chi connectivity index (χ3v) is 3.52. The average molecular weight is 222 g/mol. The van der Waals surface area contributed by atoms with E-state index in [4.69, 9.17) is 0 Å².